The van der Waals surface area contributed by atoms with Gasteiger partial charge >= 0.3 is 17.6 Å². The van der Waals surface area contributed by atoms with Crippen LogP contribution < -0.4 is 16.7 Å². The molecular formula is C20H18N2O5. The number of anilines is 1. The largest absolute Gasteiger partial charge is 0.457 e. The van der Waals surface area contributed by atoms with E-state index in [0.717, 1.165) is 16.5 Å². The number of carbonyl (C=O) groups is 2. The summed E-state index contributed by atoms with van der Waals surface area (Å²) in [6.45, 7) is 3.82. The van der Waals surface area contributed by atoms with Gasteiger partial charge in [-0.25, -0.2) is 14.4 Å². The third-order valence-electron chi connectivity index (χ3n) is 4.19. The Bertz CT molecular complexity index is 1080. The van der Waals surface area contributed by atoms with E-state index in [9.17, 15) is 14.4 Å². The van der Waals surface area contributed by atoms with Gasteiger partial charge in [0, 0.05) is 22.7 Å². The number of nitrogens with two attached hydrogens (primary N) is 1. The van der Waals surface area contributed by atoms with Crippen molar-refractivity contribution in [2.24, 2.45) is 5.73 Å². The predicted octanol–water partition coefficient (Wildman–Crippen LogP) is 3.26. The number of aryl methyl sites for hydroxylation is 2. The highest BCUT2D eigenvalue weighted by Gasteiger charge is 2.12. The topological polar surface area (TPSA) is 112 Å². The smallest absolute Gasteiger partial charge is 0.338 e. The second-order valence-corrected chi connectivity index (χ2v) is 6.17. The molecule has 3 N–H and O–H groups in total. The Kier molecular flexibility index (Phi) is 4.94. The van der Waals surface area contributed by atoms with E-state index >= 15 is 0 Å². The highest BCUT2D eigenvalue weighted by atomic mass is 16.5. The highest BCUT2D eigenvalue weighted by molar-refractivity contribution is 5.92. The first-order valence-electron chi connectivity index (χ1n) is 8.21. The number of fused-ring (bicyclic) bond motifs is 1. The van der Waals surface area contributed by atoms with E-state index in [1.807, 2.05) is 19.9 Å². The lowest BCUT2D eigenvalue weighted by molar-refractivity contribution is 0.0474. The summed E-state index contributed by atoms with van der Waals surface area (Å²) >= 11 is 0. The van der Waals surface area contributed by atoms with Crippen molar-refractivity contribution < 1.29 is 18.7 Å². The van der Waals surface area contributed by atoms with Crippen LogP contribution in [0.5, 0.6) is 0 Å². The van der Waals surface area contributed by atoms with Crippen LogP contribution in [0, 0.1) is 13.8 Å². The molecule has 7 heteroatoms. The number of urea groups is 1. The maximum Gasteiger partial charge on any atom is 0.338 e. The molecule has 0 bridgehead atoms. The molecule has 0 radical (unpaired) electrons. The first-order chi connectivity index (χ1) is 12.8. The van der Waals surface area contributed by atoms with Crippen LogP contribution in [0.25, 0.3) is 11.0 Å². The molecule has 0 fully saturated rings. The van der Waals surface area contributed by atoms with E-state index in [2.05, 4.69) is 5.32 Å². The minimum absolute atomic E-state index is 0.0648. The van der Waals surface area contributed by atoms with Gasteiger partial charge in [0.2, 0.25) is 0 Å². The Morgan fingerprint density at radius 1 is 1.07 bits per heavy atom. The number of primary amides is 1. The number of benzene rings is 2. The van der Waals surface area contributed by atoms with Crippen LogP contribution >= 0.6 is 0 Å². The maximum atomic E-state index is 12.3. The summed E-state index contributed by atoms with van der Waals surface area (Å²) in [4.78, 5) is 34.9. The van der Waals surface area contributed by atoms with Crippen LogP contribution in [0.1, 0.15) is 27.0 Å². The molecule has 0 saturated carbocycles. The van der Waals surface area contributed by atoms with Crippen LogP contribution in [-0.4, -0.2) is 12.0 Å². The molecule has 0 atom stereocenters. The SMILES string of the molecule is Cc1cc2oc(=O)cc(COC(=O)c3ccc(NC(N)=O)cc3)c2cc1C. The van der Waals surface area contributed by atoms with Crippen molar-refractivity contribution in [3.8, 4) is 0 Å². The van der Waals surface area contributed by atoms with Gasteiger partial charge in [0.15, 0.2) is 0 Å². The van der Waals surface area contributed by atoms with E-state index < -0.39 is 17.6 Å². The molecule has 1 heterocycles. The molecule has 27 heavy (non-hydrogen) atoms. The number of carbonyl (C=O) groups excluding carboxylic acids is 2. The lowest BCUT2D eigenvalue weighted by Crippen LogP contribution is -2.19. The predicted molar refractivity (Wildman–Crippen MR) is 101 cm³/mol. The summed E-state index contributed by atoms with van der Waals surface area (Å²) < 4.78 is 10.6. The molecule has 0 spiro atoms. The standard InChI is InChI=1S/C20H18N2O5/c1-11-7-16-14(9-18(23)27-17(16)8-12(11)2)10-26-19(24)13-3-5-15(6-4-13)22-20(21)25/h3-9H,10H2,1-2H3,(H3,21,22,25). The minimum Gasteiger partial charge on any atom is -0.457 e. The number of amides is 2. The molecule has 1 aromatic heterocycles. The molecule has 7 nitrogen and oxygen atoms in total. The van der Waals surface area contributed by atoms with E-state index in [0.29, 0.717) is 22.4 Å². The molecule has 2 amide bonds. The molecule has 0 saturated heterocycles. The Morgan fingerprint density at radius 2 is 1.74 bits per heavy atom. The maximum absolute atomic E-state index is 12.3. The van der Waals surface area contributed by atoms with Gasteiger partial charge in [0.25, 0.3) is 0 Å². The van der Waals surface area contributed by atoms with E-state index in [4.69, 9.17) is 14.9 Å². The van der Waals surface area contributed by atoms with Gasteiger partial charge < -0.3 is 20.2 Å². The van der Waals surface area contributed by atoms with Gasteiger partial charge in [-0.05, 0) is 61.4 Å². The third-order valence-corrected chi connectivity index (χ3v) is 4.19. The fourth-order valence-corrected chi connectivity index (χ4v) is 2.66. The lowest BCUT2D eigenvalue weighted by atomic mass is 10.0. The second kappa shape index (κ2) is 7.33. The van der Waals surface area contributed by atoms with Gasteiger partial charge in [-0.2, -0.15) is 0 Å². The zero-order valence-electron chi connectivity index (χ0n) is 14.9. The molecule has 0 aliphatic carbocycles. The van der Waals surface area contributed by atoms with Crippen LogP contribution in [0.3, 0.4) is 0 Å². The number of nitrogens with one attached hydrogen (secondary N) is 1. The number of esters is 1. The Balaban J connectivity index is 1.80. The Hall–Kier alpha value is -3.61. The molecule has 0 unspecified atom stereocenters. The normalized spacial score (nSPS) is 10.6. The van der Waals surface area contributed by atoms with Crippen LogP contribution in [0.2, 0.25) is 0 Å². The zero-order valence-corrected chi connectivity index (χ0v) is 14.9. The molecular weight excluding hydrogens is 348 g/mol. The van der Waals surface area contributed by atoms with Gasteiger partial charge in [0.1, 0.15) is 12.2 Å². The van der Waals surface area contributed by atoms with Gasteiger partial charge in [-0.3, -0.25) is 0 Å². The van der Waals surface area contributed by atoms with Crippen LogP contribution in [0.15, 0.2) is 51.7 Å². The van der Waals surface area contributed by atoms with E-state index in [-0.39, 0.29) is 6.61 Å². The van der Waals surface area contributed by atoms with E-state index in [1.165, 1.54) is 18.2 Å². The second-order valence-electron chi connectivity index (χ2n) is 6.17. The van der Waals surface area contributed by atoms with Gasteiger partial charge in [-0.15, -0.1) is 0 Å². The average molecular weight is 366 g/mol. The summed E-state index contributed by atoms with van der Waals surface area (Å²) in [7, 11) is 0. The first-order valence-corrected chi connectivity index (χ1v) is 8.21. The van der Waals surface area contributed by atoms with Gasteiger partial charge in [-0.1, -0.05) is 0 Å². The monoisotopic (exact) mass is 366 g/mol. The van der Waals surface area contributed by atoms with Crippen molar-refractivity contribution in [2.75, 3.05) is 5.32 Å². The van der Waals surface area contributed by atoms with E-state index in [1.54, 1.807) is 18.2 Å². The molecule has 0 aliphatic heterocycles. The Labute approximate surface area is 154 Å². The zero-order chi connectivity index (χ0) is 19.6. The molecule has 0 aliphatic rings. The van der Waals surface area contributed by atoms with Crippen molar-refractivity contribution >= 4 is 28.7 Å². The summed E-state index contributed by atoms with van der Waals surface area (Å²) in [6, 6.07) is 10.4. The van der Waals surface area contributed by atoms with Crippen molar-refractivity contribution in [1.29, 1.82) is 0 Å². The van der Waals surface area contributed by atoms with Gasteiger partial charge in [0.05, 0.1) is 5.56 Å². The Morgan fingerprint density at radius 3 is 2.41 bits per heavy atom. The fourth-order valence-electron chi connectivity index (χ4n) is 2.66. The lowest BCUT2D eigenvalue weighted by Gasteiger charge is -2.09. The molecule has 2 aromatic carbocycles. The summed E-state index contributed by atoms with van der Waals surface area (Å²) in [6.07, 6.45) is 0. The quantitative estimate of drug-likeness (QED) is 0.544. The van der Waals surface area contributed by atoms with Crippen molar-refractivity contribution in [3.05, 3.63) is 75.1 Å². The third kappa shape index (κ3) is 4.14. The number of ether oxygens (including phenoxy) is 1. The average Bonchev–Trinajstić information content (AvgIpc) is 2.61. The highest BCUT2D eigenvalue weighted by Crippen LogP contribution is 2.22. The minimum atomic E-state index is -0.689. The van der Waals surface area contributed by atoms with Crippen LogP contribution in [0.4, 0.5) is 10.5 Å². The summed E-state index contributed by atoms with van der Waals surface area (Å²) in [5.74, 6) is -0.550. The number of hydrogen-bond donors (Lipinski definition) is 2. The molecule has 3 aromatic rings. The molecule has 3 rings (SSSR count). The van der Waals surface area contributed by atoms with Crippen molar-refractivity contribution in [1.82, 2.24) is 0 Å². The first kappa shape index (κ1) is 18.2. The van der Waals surface area contributed by atoms with Crippen molar-refractivity contribution in [2.45, 2.75) is 20.5 Å². The summed E-state index contributed by atoms with van der Waals surface area (Å²) in [5.41, 5.74) is 8.39. The molecule has 138 valence electrons. The number of hydrogen-bond acceptors (Lipinski definition) is 5. The fraction of sp³-hybridized carbons (Fsp3) is 0.150. The summed E-state index contributed by atoms with van der Waals surface area (Å²) in [5, 5.41) is 3.13. The number of rotatable bonds is 4. The van der Waals surface area contributed by atoms with Crippen molar-refractivity contribution in [3.63, 3.8) is 0 Å². The van der Waals surface area contributed by atoms with Crippen LogP contribution in [-0.2, 0) is 11.3 Å².